The lowest BCUT2D eigenvalue weighted by Crippen LogP contribution is -2.44. The van der Waals surface area contributed by atoms with E-state index in [1.54, 1.807) is 80.6 Å². The van der Waals surface area contributed by atoms with Crippen LogP contribution in [0.2, 0.25) is 5.02 Å². The molecular formula is C29H27ClN4O5. The number of halogens is 1. The minimum atomic E-state index is -1.09. The van der Waals surface area contributed by atoms with Crippen LogP contribution in [0.1, 0.15) is 24.3 Å². The first-order valence-electron chi connectivity index (χ1n) is 12.1. The van der Waals surface area contributed by atoms with Crippen molar-refractivity contribution >= 4 is 40.9 Å². The maximum atomic E-state index is 12.7. The van der Waals surface area contributed by atoms with Crippen LogP contribution in [0.15, 0.2) is 84.9 Å². The summed E-state index contributed by atoms with van der Waals surface area (Å²) in [6.07, 6.45) is 0. The van der Waals surface area contributed by atoms with E-state index < -0.39 is 23.9 Å². The molecule has 0 saturated heterocycles. The van der Waals surface area contributed by atoms with E-state index in [4.69, 9.17) is 16.3 Å². The van der Waals surface area contributed by atoms with Gasteiger partial charge in [0.2, 0.25) is 0 Å². The zero-order chi connectivity index (χ0) is 27.9. The van der Waals surface area contributed by atoms with Crippen molar-refractivity contribution in [3.05, 3.63) is 95.6 Å². The summed E-state index contributed by atoms with van der Waals surface area (Å²) in [5, 5.41) is 17.8. The number of benzene rings is 3. The number of hydrogen-bond acceptors (Lipinski definition) is 4. The highest BCUT2D eigenvalue weighted by Gasteiger charge is 2.24. The Labute approximate surface area is 230 Å². The van der Waals surface area contributed by atoms with E-state index in [9.17, 15) is 19.5 Å². The molecule has 0 aliphatic carbocycles. The molecule has 0 spiro atoms. The number of carboxylic acids is 1. The van der Waals surface area contributed by atoms with Crippen LogP contribution in [-0.2, 0) is 4.79 Å². The Balaban J connectivity index is 1.39. The minimum absolute atomic E-state index is 0.245. The van der Waals surface area contributed by atoms with Crippen LogP contribution in [0, 0.1) is 5.92 Å². The summed E-state index contributed by atoms with van der Waals surface area (Å²) >= 11 is 6.12. The van der Waals surface area contributed by atoms with E-state index in [0.29, 0.717) is 33.6 Å². The third kappa shape index (κ3) is 7.18. The topological polar surface area (TPSA) is 133 Å². The van der Waals surface area contributed by atoms with Gasteiger partial charge in [-0.15, -0.1) is 0 Å². The van der Waals surface area contributed by atoms with Gasteiger partial charge in [-0.05, 0) is 60.0 Å². The number of H-pyrrole nitrogens is 1. The monoisotopic (exact) mass is 546 g/mol. The number of aliphatic carboxylic acids is 1. The molecule has 1 aromatic heterocycles. The number of carboxylic acid groups (broad SMARTS) is 1. The Morgan fingerprint density at radius 3 is 2.28 bits per heavy atom. The minimum Gasteiger partial charge on any atom is -0.480 e. The molecule has 4 rings (SSSR count). The summed E-state index contributed by atoms with van der Waals surface area (Å²) in [6.45, 7) is 3.45. The molecule has 3 amide bonds. The summed E-state index contributed by atoms with van der Waals surface area (Å²) in [5.74, 6) is -0.858. The van der Waals surface area contributed by atoms with Crippen molar-refractivity contribution < 1.29 is 24.2 Å². The molecular weight excluding hydrogens is 520 g/mol. The molecule has 39 heavy (non-hydrogen) atoms. The van der Waals surface area contributed by atoms with E-state index >= 15 is 0 Å². The van der Waals surface area contributed by atoms with Gasteiger partial charge in [-0.25, -0.2) is 9.59 Å². The molecule has 0 aliphatic rings. The molecule has 0 aliphatic heterocycles. The van der Waals surface area contributed by atoms with Crippen molar-refractivity contribution in [1.82, 2.24) is 10.3 Å². The largest absolute Gasteiger partial charge is 0.480 e. The fourth-order valence-electron chi connectivity index (χ4n) is 3.75. The molecule has 4 aromatic rings. The van der Waals surface area contributed by atoms with E-state index in [1.165, 1.54) is 0 Å². The predicted octanol–water partition coefficient (Wildman–Crippen LogP) is 6.61. The van der Waals surface area contributed by atoms with Crippen molar-refractivity contribution in [2.24, 2.45) is 5.92 Å². The van der Waals surface area contributed by atoms with Gasteiger partial charge in [-0.1, -0.05) is 55.8 Å². The van der Waals surface area contributed by atoms with Crippen molar-refractivity contribution in [2.45, 2.75) is 19.9 Å². The Hall–Kier alpha value is -4.76. The number of carbonyl (C=O) groups excluding carboxylic acids is 2. The van der Waals surface area contributed by atoms with Crippen molar-refractivity contribution in [2.75, 3.05) is 10.6 Å². The highest BCUT2D eigenvalue weighted by molar-refractivity contribution is 6.30. The van der Waals surface area contributed by atoms with Gasteiger partial charge >= 0.3 is 12.0 Å². The molecule has 1 atom stereocenters. The highest BCUT2D eigenvalue weighted by Crippen LogP contribution is 2.32. The Morgan fingerprint density at radius 1 is 0.897 bits per heavy atom. The Kier molecular flexibility index (Phi) is 8.53. The smallest absolute Gasteiger partial charge is 0.326 e. The number of aromatic amines is 1. The number of rotatable bonds is 9. The van der Waals surface area contributed by atoms with Crippen molar-refractivity contribution in [3.8, 4) is 22.8 Å². The Morgan fingerprint density at radius 2 is 1.62 bits per heavy atom. The van der Waals surface area contributed by atoms with Gasteiger partial charge in [0.25, 0.3) is 5.91 Å². The van der Waals surface area contributed by atoms with Crippen LogP contribution < -0.4 is 20.7 Å². The lowest BCUT2D eigenvalue weighted by Gasteiger charge is -2.17. The van der Waals surface area contributed by atoms with Crippen LogP contribution in [0.4, 0.5) is 16.2 Å². The van der Waals surface area contributed by atoms with Gasteiger partial charge in [0, 0.05) is 22.5 Å². The van der Waals surface area contributed by atoms with E-state index in [1.807, 2.05) is 18.2 Å². The average Bonchev–Trinajstić information content (AvgIpc) is 3.40. The summed E-state index contributed by atoms with van der Waals surface area (Å²) in [7, 11) is 0. The van der Waals surface area contributed by atoms with Gasteiger partial charge in [-0.3, -0.25) is 4.79 Å². The number of anilines is 2. The standard InChI is InChI=1S/C29H27ClN4O5/c1-17(2)26(28(36)37)34-27(35)24-15-14-22(32-24)18-8-11-20(12-9-18)31-29(38)33-23-13-10-19(30)16-25(23)39-21-6-4-3-5-7-21/h3-17,26,32H,1-2H3,(H,34,35)(H,36,37)(H2,31,33,38). The molecule has 1 unspecified atom stereocenters. The third-order valence-electron chi connectivity index (χ3n) is 5.77. The first-order chi connectivity index (χ1) is 18.7. The maximum Gasteiger partial charge on any atom is 0.326 e. The summed E-state index contributed by atoms with van der Waals surface area (Å²) in [5.41, 5.74) is 2.67. The fraction of sp³-hybridized carbons (Fsp3) is 0.138. The van der Waals surface area contributed by atoms with E-state index in [0.717, 1.165) is 5.56 Å². The number of amides is 3. The van der Waals surface area contributed by atoms with Crippen LogP contribution in [0.25, 0.3) is 11.3 Å². The molecule has 200 valence electrons. The zero-order valence-electron chi connectivity index (χ0n) is 21.2. The molecule has 0 saturated carbocycles. The van der Waals surface area contributed by atoms with Gasteiger partial charge in [0.15, 0.2) is 5.75 Å². The molecule has 1 heterocycles. The SMILES string of the molecule is CC(C)C(NC(=O)c1ccc(-c2ccc(NC(=O)Nc3ccc(Cl)cc3Oc3ccccc3)cc2)[nH]1)C(=O)O. The maximum absolute atomic E-state index is 12.7. The second-order valence-corrected chi connectivity index (χ2v) is 9.47. The number of aromatic nitrogens is 1. The molecule has 5 N–H and O–H groups in total. The number of hydrogen-bond donors (Lipinski definition) is 5. The first-order valence-corrected chi connectivity index (χ1v) is 12.5. The number of urea groups is 1. The summed E-state index contributed by atoms with van der Waals surface area (Å²) in [6, 6.07) is 22.9. The summed E-state index contributed by atoms with van der Waals surface area (Å²) in [4.78, 5) is 39.6. The van der Waals surface area contributed by atoms with Crippen LogP contribution in [-0.4, -0.2) is 34.0 Å². The van der Waals surface area contributed by atoms with Gasteiger partial charge in [0.1, 0.15) is 17.5 Å². The normalized spacial score (nSPS) is 11.5. The number of nitrogens with one attached hydrogen (secondary N) is 4. The second kappa shape index (κ2) is 12.2. The third-order valence-corrected chi connectivity index (χ3v) is 6.00. The van der Waals surface area contributed by atoms with E-state index in [2.05, 4.69) is 20.9 Å². The predicted molar refractivity (Wildman–Crippen MR) is 151 cm³/mol. The van der Waals surface area contributed by atoms with E-state index in [-0.39, 0.29) is 11.6 Å². The lowest BCUT2D eigenvalue weighted by atomic mass is 10.0. The number of carbonyl (C=O) groups is 3. The van der Waals surface area contributed by atoms with Gasteiger partial charge in [0.05, 0.1) is 5.69 Å². The highest BCUT2D eigenvalue weighted by atomic mass is 35.5. The number of ether oxygens (including phenoxy) is 1. The molecule has 0 bridgehead atoms. The number of para-hydroxylation sites is 1. The summed E-state index contributed by atoms with van der Waals surface area (Å²) < 4.78 is 5.88. The van der Waals surface area contributed by atoms with Gasteiger partial charge < -0.3 is 30.8 Å². The fourth-order valence-corrected chi connectivity index (χ4v) is 3.91. The van der Waals surface area contributed by atoms with Crippen LogP contribution >= 0.6 is 11.6 Å². The van der Waals surface area contributed by atoms with Crippen molar-refractivity contribution in [1.29, 1.82) is 0 Å². The first kappa shape index (κ1) is 27.3. The second-order valence-electron chi connectivity index (χ2n) is 9.03. The van der Waals surface area contributed by atoms with Crippen LogP contribution in [0.3, 0.4) is 0 Å². The van der Waals surface area contributed by atoms with Crippen LogP contribution in [0.5, 0.6) is 11.5 Å². The zero-order valence-corrected chi connectivity index (χ0v) is 22.0. The quantitative estimate of drug-likeness (QED) is 0.161. The molecule has 0 radical (unpaired) electrons. The lowest BCUT2D eigenvalue weighted by molar-refractivity contribution is -0.140. The molecule has 3 aromatic carbocycles. The Bertz CT molecular complexity index is 1470. The molecule has 0 fully saturated rings. The molecule has 10 heteroatoms. The van der Waals surface area contributed by atoms with Gasteiger partial charge in [-0.2, -0.15) is 0 Å². The molecule has 9 nitrogen and oxygen atoms in total. The van der Waals surface area contributed by atoms with Crippen molar-refractivity contribution in [3.63, 3.8) is 0 Å². The average molecular weight is 547 g/mol.